The van der Waals surface area contributed by atoms with Crippen molar-refractivity contribution in [2.24, 2.45) is 0 Å². The topological polar surface area (TPSA) is 63.0 Å². The molecule has 1 aliphatic rings. The second-order valence-corrected chi connectivity index (χ2v) is 9.47. The Hall–Kier alpha value is -2.03. The molecule has 0 bridgehead atoms. The van der Waals surface area contributed by atoms with Gasteiger partial charge in [-0.15, -0.1) is 0 Å². The average Bonchev–Trinajstić information content (AvgIpc) is 3.23. The van der Waals surface area contributed by atoms with Gasteiger partial charge >= 0.3 is 0 Å². The smallest absolute Gasteiger partial charge is 0.290 e. The van der Waals surface area contributed by atoms with Crippen molar-refractivity contribution in [3.8, 4) is 0 Å². The lowest BCUT2D eigenvalue weighted by Crippen LogP contribution is -2.36. The van der Waals surface area contributed by atoms with E-state index >= 15 is 0 Å². The number of imidazole rings is 1. The standard InChI is InChI=1S/C21H20BrFN4OS/c22-13-6-8-17-16(10-13)24-20(23)27(17)11-12-5-7-15-19(9-12)29-21(26-15)25-14-3-1-2-4-18(14)28/h5-10,14,18,28H,1-4,11H2,(H,25,26). The van der Waals surface area contributed by atoms with Gasteiger partial charge in [0.05, 0.1) is 39.9 Å². The molecule has 2 atom stereocenters. The van der Waals surface area contributed by atoms with Crippen LogP contribution in [0.25, 0.3) is 21.3 Å². The fourth-order valence-corrected chi connectivity index (χ4v) is 5.31. The molecule has 2 N–H and O–H groups in total. The van der Waals surface area contributed by atoms with E-state index in [1.807, 2.05) is 30.3 Å². The molecule has 1 saturated carbocycles. The quantitative estimate of drug-likeness (QED) is 0.420. The van der Waals surface area contributed by atoms with E-state index in [-0.39, 0.29) is 12.1 Å². The second-order valence-electron chi connectivity index (χ2n) is 7.52. The van der Waals surface area contributed by atoms with E-state index < -0.39 is 6.08 Å². The van der Waals surface area contributed by atoms with Crippen LogP contribution in [0.5, 0.6) is 0 Å². The summed E-state index contributed by atoms with van der Waals surface area (Å²) in [5.74, 6) is 0. The van der Waals surface area contributed by atoms with Crippen LogP contribution in [0, 0.1) is 6.08 Å². The van der Waals surface area contributed by atoms with Crippen LogP contribution < -0.4 is 5.32 Å². The van der Waals surface area contributed by atoms with Crippen LogP contribution in [0.1, 0.15) is 31.2 Å². The molecule has 4 aromatic rings. The van der Waals surface area contributed by atoms with Crippen LogP contribution in [0.15, 0.2) is 40.9 Å². The van der Waals surface area contributed by atoms with E-state index in [2.05, 4.69) is 37.3 Å². The van der Waals surface area contributed by atoms with Gasteiger partial charge in [0.2, 0.25) is 0 Å². The Morgan fingerprint density at radius 3 is 2.86 bits per heavy atom. The van der Waals surface area contributed by atoms with Gasteiger partial charge in [-0.3, -0.25) is 4.57 Å². The van der Waals surface area contributed by atoms with Crippen LogP contribution in [-0.4, -0.2) is 31.8 Å². The molecule has 0 aliphatic heterocycles. The van der Waals surface area contributed by atoms with Gasteiger partial charge in [-0.1, -0.05) is 46.2 Å². The summed E-state index contributed by atoms with van der Waals surface area (Å²) in [7, 11) is 0. The molecule has 150 valence electrons. The van der Waals surface area contributed by atoms with Gasteiger partial charge in [0.25, 0.3) is 6.08 Å². The summed E-state index contributed by atoms with van der Waals surface area (Å²) in [6.07, 6.45) is 3.21. The minimum atomic E-state index is -0.490. The molecular weight excluding hydrogens is 455 g/mol. The van der Waals surface area contributed by atoms with Crippen LogP contribution >= 0.6 is 27.3 Å². The first-order valence-electron chi connectivity index (χ1n) is 9.72. The second kappa shape index (κ2) is 7.66. The van der Waals surface area contributed by atoms with Crippen molar-refractivity contribution in [1.29, 1.82) is 0 Å². The predicted octanol–water partition coefficient (Wildman–Crippen LogP) is 5.31. The molecule has 2 aromatic carbocycles. The number of rotatable bonds is 4. The highest BCUT2D eigenvalue weighted by molar-refractivity contribution is 9.10. The highest BCUT2D eigenvalue weighted by atomic mass is 79.9. The number of benzene rings is 2. The molecule has 1 fully saturated rings. The highest BCUT2D eigenvalue weighted by Gasteiger charge is 2.23. The number of thiazole rings is 1. The largest absolute Gasteiger partial charge is 0.391 e. The summed E-state index contributed by atoms with van der Waals surface area (Å²) in [5, 5.41) is 14.4. The van der Waals surface area contributed by atoms with Crippen molar-refractivity contribution >= 4 is 53.6 Å². The Bertz CT molecular complexity index is 1190. The molecule has 2 aromatic heterocycles. The predicted molar refractivity (Wildman–Crippen MR) is 118 cm³/mol. The molecular formula is C21H20BrFN4OS. The molecule has 2 unspecified atom stereocenters. The van der Waals surface area contributed by atoms with Gasteiger partial charge in [0.1, 0.15) is 0 Å². The van der Waals surface area contributed by atoms with Gasteiger partial charge in [-0.05, 0) is 48.7 Å². The van der Waals surface area contributed by atoms with E-state index in [0.29, 0.717) is 12.1 Å². The minimum absolute atomic E-state index is 0.0644. The number of nitrogens with zero attached hydrogens (tertiary/aromatic N) is 3. The Labute approximate surface area is 179 Å². The summed E-state index contributed by atoms with van der Waals surface area (Å²) in [6, 6.07) is 11.7. The first kappa shape index (κ1) is 19.0. The number of hydrogen-bond acceptors (Lipinski definition) is 5. The molecule has 2 heterocycles. The number of anilines is 1. The Kier molecular flexibility index (Phi) is 5.01. The lowest BCUT2D eigenvalue weighted by molar-refractivity contribution is 0.116. The zero-order valence-corrected chi connectivity index (χ0v) is 18.0. The Morgan fingerprint density at radius 2 is 2.00 bits per heavy atom. The SMILES string of the molecule is OC1CCCCC1Nc1nc2ccc(Cn3c(F)nc4cc(Br)ccc43)cc2s1. The monoisotopic (exact) mass is 474 g/mol. The average molecular weight is 475 g/mol. The maximum absolute atomic E-state index is 14.4. The zero-order chi connectivity index (χ0) is 20.0. The summed E-state index contributed by atoms with van der Waals surface area (Å²) in [5.41, 5.74) is 3.30. The van der Waals surface area contributed by atoms with Gasteiger partial charge in [0, 0.05) is 4.47 Å². The van der Waals surface area contributed by atoms with Crippen LogP contribution in [0.2, 0.25) is 0 Å². The number of hydrogen-bond donors (Lipinski definition) is 2. The molecule has 5 rings (SSSR count). The molecule has 0 amide bonds. The third-order valence-corrected chi connectivity index (χ3v) is 6.94. The van der Waals surface area contributed by atoms with Crippen molar-refractivity contribution in [3.05, 3.63) is 52.5 Å². The van der Waals surface area contributed by atoms with E-state index in [1.54, 1.807) is 15.9 Å². The molecule has 8 heteroatoms. The third-order valence-electron chi connectivity index (χ3n) is 5.50. The van der Waals surface area contributed by atoms with Crippen LogP contribution in [-0.2, 0) is 6.54 Å². The first-order chi connectivity index (χ1) is 14.1. The number of aromatic nitrogens is 3. The van der Waals surface area contributed by atoms with E-state index in [4.69, 9.17) is 0 Å². The van der Waals surface area contributed by atoms with Crippen LogP contribution in [0.4, 0.5) is 9.52 Å². The minimum Gasteiger partial charge on any atom is -0.391 e. The van der Waals surface area contributed by atoms with Gasteiger partial charge < -0.3 is 10.4 Å². The highest BCUT2D eigenvalue weighted by Crippen LogP contribution is 2.30. The van der Waals surface area contributed by atoms with Crippen molar-refractivity contribution in [3.63, 3.8) is 0 Å². The third kappa shape index (κ3) is 3.76. The Morgan fingerprint density at radius 1 is 1.14 bits per heavy atom. The fraction of sp³-hybridized carbons (Fsp3) is 0.333. The number of aliphatic hydroxyl groups excluding tert-OH is 1. The van der Waals surface area contributed by atoms with Gasteiger partial charge in [0.15, 0.2) is 5.13 Å². The van der Waals surface area contributed by atoms with Crippen molar-refractivity contribution in [2.75, 3.05) is 5.32 Å². The van der Waals surface area contributed by atoms with Crippen LogP contribution in [0.3, 0.4) is 0 Å². The number of nitrogens with one attached hydrogen (secondary N) is 1. The van der Waals surface area contributed by atoms with Crippen molar-refractivity contribution in [1.82, 2.24) is 14.5 Å². The maximum Gasteiger partial charge on any atom is 0.290 e. The number of halogens is 2. The van der Waals surface area contributed by atoms with Crippen molar-refractivity contribution < 1.29 is 9.50 Å². The van der Waals surface area contributed by atoms with E-state index in [9.17, 15) is 9.50 Å². The lowest BCUT2D eigenvalue weighted by atomic mass is 9.93. The van der Waals surface area contributed by atoms with E-state index in [1.165, 1.54) is 0 Å². The van der Waals surface area contributed by atoms with E-state index in [0.717, 1.165) is 56.6 Å². The summed E-state index contributed by atoms with van der Waals surface area (Å²) >= 11 is 4.97. The molecule has 0 saturated heterocycles. The lowest BCUT2D eigenvalue weighted by Gasteiger charge is -2.27. The van der Waals surface area contributed by atoms with Gasteiger partial charge in [-0.2, -0.15) is 4.39 Å². The summed E-state index contributed by atoms with van der Waals surface area (Å²) < 4.78 is 17.9. The zero-order valence-electron chi connectivity index (χ0n) is 15.6. The molecule has 5 nitrogen and oxygen atoms in total. The Balaban J connectivity index is 1.41. The number of fused-ring (bicyclic) bond motifs is 2. The maximum atomic E-state index is 14.4. The normalized spacial score (nSPS) is 19.8. The fourth-order valence-electron chi connectivity index (χ4n) is 3.97. The molecule has 0 radical (unpaired) electrons. The molecule has 0 spiro atoms. The summed E-state index contributed by atoms with van der Waals surface area (Å²) in [6.45, 7) is 0.405. The molecule has 1 aliphatic carbocycles. The van der Waals surface area contributed by atoms with Crippen molar-refractivity contribution in [2.45, 2.75) is 44.4 Å². The summed E-state index contributed by atoms with van der Waals surface area (Å²) in [4.78, 5) is 8.69. The number of aliphatic hydroxyl groups is 1. The first-order valence-corrected chi connectivity index (χ1v) is 11.3. The van der Waals surface area contributed by atoms with Gasteiger partial charge in [-0.25, -0.2) is 9.97 Å². The molecule has 29 heavy (non-hydrogen) atoms.